The molecule has 1 aliphatic heterocycles. The van der Waals surface area contributed by atoms with Crippen molar-refractivity contribution in [2.45, 2.75) is 19.3 Å². The monoisotopic (exact) mass is 240 g/mol. The van der Waals surface area contributed by atoms with Crippen LogP contribution in [0.25, 0.3) is 0 Å². The van der Waals surface area contributed by atoms with Crippen molar-refractivity contribution < 1.29 is 4.74 Å². The molecule has 0 aliphatic carbocycles. The maximum absolute atomic E-state index is 6.25. The summed E-state index contributed by atoms with van der Waals surface area (Å²) < 4.78 is 5.14. The molecule has 1 saturated heterocycles. The highest BCUT2D eigenvalue weighted by atomic mass is 35.5. The van der Waals surface area contributed by atoms with Crippen LogP contribution in [-0.4, -0.2) is 20.2 Å². The van der Waals surface area contributed by atoms with Crippen molar-refractivity contribution in [2.75, 3.05) is 30.8 Å². The van der Waals surface area contributed by atoms with Gasteiger partial charge < -0.3 is 15.4 Å². The Hall–Kier alpha value is -1.09. The number of nitrogen functional groups attached to an aromatic ring is 1. The van der Waals surface area contributed by atoms with Gasteiger partial charge >= 0.3 is 0 Å². The van der Waals surface area contributed by atoms with E-state index in [4.69, 9.17) is 22.1 Å². The van der Waals surface area contributed by atoms with Gasteiger partial charge in [0.15, 0.2) is 0 Å². The number of rotatable bonds is 2. The quantitative estimate of drug-likeness (QED) is 0.808. The summed E-state index contributed by atoms with van der Waals surface area (Å²) >= 11 is 6.25. The predicted octanol–water partition coefficient (Wildman–Crippen LogP) is 2.92. The van der Waals surface area contributed by atoms with E-state index in [0.717, 1.165) is 18.8 Å². The summed E-state index contributed by atoms with van der Waals surface area (Å²) in [5, 5.41) is 0.679. The van der Waals surface area contributed by atoms with Crippen LogP contribution in [0.5, 0.6) is 5.75 Å². The highest BCUT2D eigenvalue weighted by Gasteiger charge is 2.17. The highest BCUT2D eigenvalue weighted by molar-refractivity contribution is 6.34. The maximum Gasteiger partial charge on any atom is 0.122 e. The zero-order valence-electron chi connectivity index (χ0n) is 9.50. The first-order valence-corrected chi connectivity index (χ1v) is 5.98. The van der Waals surface area contributed by atoms with Crippen LogP contribution in [0, 0.1) is 0 Å². The van der Waals surface area contributed by atoms with Crippen molar-refractivity contribution in [3.63, 3.8) is 0 Å². The van der Waals surface area contributed by atoms with Crippen LogP contribution in [0.2, 0.25) is 5.02 Å². The Labute approximate surface area is 101 Å². The summed E-state index contributed by atoms with van der Waals surface area (Å²) in [5.74, 6) is 0.711. The molecule has 0 amide bonds. The number of nitrogens with zero attached hydrogens (tertiary/aromatic N) is 1. The van der Waals surface area contributed by atoms with Gasteiger partial charge in [-0.1, -0.05) is 11.6 Å². The molecule has 1 aliphatic rings. The third kappa shape index (κ3) is 2.19. The average Bonchev–Trinajstić information content (AvgIpc) is 2.29. The fourth-order valence-corrected chi connectivity index (χ4v) is 2.50. The Bertz CT molecular complexity index is 352. The summed E-state index contributed by atoms with van der Waals surface area (Å²) in [6.07, 6.45) is 3.72. The number of ether oxygens (including phenoxy) is 1. The van der Waals surface area contributed by atoms with Gasteiger partial charge in [-0.3, -0.25) is 0 Å². The van der Waals surface area contributed by atoms with Gasteiger partial charge in [0, 0.05) is 25.2 Å². The molecule has 88 valence electrons. The van der Waals surface area contributed by atoms with E-state index in [1.165, 1.54) is 19.3 Å². The molecule has 3 nitrogen and oxygen atoms in total. The summed E-state index contributed by atoms with van der Waals surface area (Å²) in [5.41, 5.74) is 7.68. The van der Waals surface area contributed by atoms with Crippen LogP contribution in [0.1, 0.15) is 19.3 Å². The second kappa shape index (κ2) is 4.83. The number of hydrogen-bond acceptors (Lipinski definition) is 3. The number of methoxy groups -OCH3 is 1. The van der Waals surface area contributed by atoms with Gasteiger partial charge in [-0.15, -0.1) is 0 Å². The third-order valence-corrected chi connectivity index (χ3v) is 3.26. The van der Waals surface area contributed by atoms with Crippen molar-refractivity contribution in [2.24, 2.45) is 0 Å². The van der Waals surface area contributed by atoms with E-state index in [0.29, 0.717) is 16.5 Å². The molecular formula is C12H17ClN2O. The number of nitrogens with two attached hydrogens (primary N) is 1. The lowest BCUT2D eigenvalue weighted by Crippen LogP contribution is -2.30. The summed E-state index contributed by atoms with van der Waals surface area (Å²) in [6, 6.07) is 3.65. The van der Waals surface area contributed by atoms with E-state index >= 15 is 0 Å². The second-order valence-corrected chi connectivity index (χ2v) is 4.50. The second-order valence-electron chi connectivity index (χ2n) is 4.09. The van der Waals surface area contributed by atoms with E-state index < -0.39 is 0 Å². The lowest BCUT2D eigenvalue weighted by Gasteiger charge is -2.30. The van der Waals surface area contributed by atoms with E-state index in [1.807, 2.05) is 12.1 Å². The topological polar surface area (TPSA) is 38.5 Å². The van der Waals surface area contributed by atoms with Gasteiger partial charge in [-0.25, -0.2) is 0 Å². The Morgan fingerprint density at radius 2 is 1.94 bits per heavy atom. The van der Waals surface area contributed by atoms with Crippen molar-refractivity contribution in [1.29, 1.82) is 0 Å². The van der Waals surface area contributed by atoms with Crippen molar-refractivity contribution >= 4 is 23.0 Å². The minimum atomic E-state index is 0.679. The molecule has 1 heterocycles. The fraction of sp³-hybridized carbons (Fsp3) is 0.500. The summed E-state index contributed by atoms with van der Waals surface area (Å²) in [6.45, 7) is 2.08. The zero-order valence-corrected chi connectivity index (χ0v) is 10.3. The van der Waals surface area contributed by atoms with Crippen molar-refractivity contribution in [3.8, 4) is 5.75 Å². The molecule has 1 fully saturated rings. The maximum atomic E-state index is 6.25. The molecule has 1 aromatic carbocycles. The summed E-state index contributed by atoms with van der Waals surface area (Å²) in [7, 11) is 1.62. The third-order valence-electron chi connectivity index (χ3n) is 2.97. The molecule has 0 unspecified atom stereocenters. The van der Waals surface area contributed by atoms with E-state index in [-0.39, 0.29) is 0 Å². The molecule has 2 rings (SSSR count). The molecule has 4 heteroatoms. The van der Waals surface area contributed by atoms with Crippen LogP contribution in [0.3, 0.4) is 0 Å². The predicted molar refractivity (Wildman–Crippen MR) is 68.5 cm³/mol. The van der Waals surface area contributed by atoms with Gasteiger partial charge in [0.2, 0.25) is 0 Å². The molecule has 16 heavy (non-hydrogen) atoms. The standard InChI is InChI=1S/C12H17ClN2O/c1-16-9-7-10(13)12(11(14)8-9)15-5-3-2-4-6-15/h7-8H,2-6,14H2,1H3. The first kappa shape index (κ1) is 11.4. The lowest BCUT2D eigenvalue weighted by atomic mass is 10.1. The smallest absolute Gasteiger partial charge is 0.122 e. The number of piperidine rings is 1. The van der Waals surface area contributed by atoms with Gasteiger partial charge in [-0.2, -0.15) is 0 Å². The fourth-order valence-electron chi connectivity index (χ4n) is 2.16. The normalized spacial score (nSPS) is 16.2. The minimum Gasteiger partial charge on any atom is -0.497 e. The number of anilines is 2. The molecule has 0 bridgehead atoms. The van der Waals surface area contributed by atoms with Crippen LogP contribution in [0.15, 0.2) is 12.1 Å². The first-order valence-electron chi connectivity index (χ1n) is 5.60. The number of benzene rings is 1. The minimum absolute atomic E-state index is 0.679. The molecule has 2 N–H and O–H groups in total. The Morgan fingerprint density at radius 1 is 1.25 bits per heavy atom. The van der Waals surface area contributed by atoms with E-state index in [9.17, 15) is 0 Å². The molecule has 0 radical (unpaired) electrons. The lowest BCUT2D eigenvalue weighted by molar-refractivity contribution is 0.415. The van der Waals surface area contributed by atoms with E-state index in [1.54, 1.807) is 7.11 Å². The Morgan fingerprint density at radius 3 is 2.50 bits per heavy atom. The first-order chi connectivity index (χ1) is 7.72. The average molecular weight is 241 g/mol. The van der Waals surface area contributed by atoms with Crippen LogP contribution < -0.4 is 15.4 Å². The largest absolute Gasteiger partial charge is 0.497 e. The van der Waals surface area contributed by atoms with Crippen molar-refractivity contribution in [1.82, 2.24) is 0 Å². The molecular weight excluding hydrogens is 224 g/mol. The Kier molecular flexibility index (Phi) is 3.44. The van der Waals surface area contributed by atoms with Crippen LogP contribution in [0.4, 0.5) is 11.4 Å². The van der Waals surface area contributed by atoms with Crippen LogP contribution in [-0.2, 0) is 0 Å². The van der Waals surface area contributed by atoms with Crippen molar-refractivity contribution in [3.05, 3.63) is 17.2 Å². The van der Waals surface area contributed by atoms with Gasteiger partial charge in [0.05, 0.1) is 23.5 Å². The Balaban J connectivity index is 2.32. The van der Waals surface area contributed by atoms with Gasteiger partial charge in [0.1, 0.15) is 5.75 Å². The molecule has 0 atom stereocenters. The molecule has 0 aromatic heterocycles. The van der Waals surface area contributed by atoms with Gasteiger partial charge in [-0.05, 0) is 19.3 Å². The number of hydrogen-bond donors (Lipinski definition) is 1. The SMILES string of the molecule is COc1cc(N)c(N2CCCCC2)c(Cl)c1. The van der Waals surface area contributed by atoms with E-state index in [2.05, 4.69) is 4.90 Å². The van der Waals surface area contributed by atoms with Crippen LogP contribution >= 0.6 is 11.6 Å². The summed E-state index contributed by atoms with van der Waals surface area (Å²) in [4.78, 5) is 2.26. The molecule has 0 spiro atoms. The number of halogens is 1. The highest BCUT2D eigenvalue weighted by Crippen LogP contribution is 2.37. The van der Waals surface area contributed by atoms with Gasteiger partial charge in [0.25, 0.3) is 0 Å². The zero-order chi connectivity index (χ0) is 11.5. The molecule has 0 saturated carbocycles. The molecule has 1 aromatic rings.